The zero-order valence-corrected chi connectivity index (χ0v) is 16.1. The van der Waals surface area contributed by atoms with Gasteiger partial charge >= 0.3 is 0 Å². The van der Waals surface area contributed by atoms with Gasteiger partial charge in [0, 0.05) is 23.2 Å². The third-order valence-electron chi connectivity index (χ3n) is 3.02. The molecule has 0 aliphatic rings. The normalized spacial score (nSPS) is 11.2. The third kappa shape index (κ3) is 6.19. The zero-order valence-electron chi connectivity index (χ0n) is 13.6. The van der Waals surface area contributed by atoms with Crippen LogP contribution in [0.25, 0.3) is 6.08 Å². The number of hydrogen-bond acceptors (Lipinski definition) is 5. The molecule has 0 aliphatic heterocycles. The summed E-state index contributed by atoms with van der Waals surface area (Å²) in [7, 11) is -3.58. The van der Waals surface area contributed by atoms with Crippen LogP contribution in [0, 0.1) is 0 Å². The summed E-state index contributed by atoms with van der Waals surface area (Å²) in [5.74, 6) is -0.358. The molecule has 2 aromatic rings. The first kappa shape index (κ1) is 20.0. The van der Waals surface area contributed by atoms with Crippen molar-refractivity contribution >= 4 is 56.4 Å². The number of nitrogens with one attached hydrogen (secondary N) is 3. The SMILES string of the molecule is C=CCNS(=O)(=O)c1ccc(NC(=S)NC(=O)C=Cc2cccs2)cc1. The molecular formula is C17H17N3O3S3. The molecule has 9 heteroatoms. The molecule has 0 bridgehead atoms. The standard InChI is InChI=1S/C17H17N3O3S3/c1-2-11-18-26(22,23)15-8-5-13(6-9-15)19-17(24)20-16(21)10-7-14-4-3-12-25-14/h2-10,12,18H,1,11H2,(H2,19,20,21,24). The van der Waals surface area contributed by atoms with Gasteiger partial charge in [0.2, 0.25) is 15.9 Å². The lowest BCUT2D eigenvalue weighted by molar-refractivity contribution is -0.115. The second-order valence-corrected chi connectivity index (χ2v) is 8.11. The van der Waals surface area contributed by atoms with E-state index in [1.807, 2.05) is 17.5 Å². The number of thiophene rings is 1. The van der Waals surface area contributed by atoms with Gasteiger partial charge in [0.1, 0.15) is 0 Å². The van der Waals surface area contributed by atoms with Crippen molar-refractivity contribution in [1.82, 2.24) is 10.0 Å². The van der Waals surface area contributed by atoms with Crippen molar-refractivity contribution in [1.29, 1.82) is 0 Å². The fourth-order valence-corrected chi connectivity index (χ4v) is 3.66. The van der Waals surface area contributed by atoms with Gasteiger partial charge < -0.3 is 5.32 Å². The highest BCUT2D eigenvalue weighted by atomic mass is 32.2. The molecule has 26 heavy (non-hydrogen) atoms. The minimum atomic E-state index is -3.58. The number of amides is 1. The van der Waals surface area contributed by atoms with Gasteiger partial charge in [0.25, 0.3) is 0 Å². The molecule has 0 fully saturated rings. The Morgan fingerprint density at radius 3 is 2.58 bits per heavy atom. The van der Waals surface area contributed by atoms with E-state index in [4.69, 9.17) is 12.2 Å². The fourth-order valence-electron chi connectivity index (χ4n) is 1.83. The van der Waals surface area contributed by atoms with Gasteiger partial charge in [0.15, 0.2) is 5.11 Å². The molecule has 3 N–H and O–H groups in total. The van der Waals surface area contributed by atoms with Crippen molar-refractivity contribution in [3.63, 3.8) is 0 Å². The highest BCUT2D eigenvalue weighted by Gasteiger charge is 2.12. The molecule has 1 amide bonds. The van der Waals surface area contributed by atoms with E-state index in [2.05, 4.69) is 21.9 Å². The Morgan fingerprint density at radius 2 is 1.96 bits per heavy atom. The van der Waals surface area contributed by atoms with Gasteiger partial charge in [-0.3, -0.25) is 10.1 Å². The van der Waals surface area contributed by atoms with Crippen molar-refractivity contribution in [3.05, 3.63) is 65.4 Å². The third-order valence-corrected chi connectivity index (χ3v) is 5.50. The summed E-state index contributed by atoms with van der Waals surface area (Å²) in [5, 5.41) is 7.38. The number of benzene rings is 1. The number of thiocarbonyl (C=S) groups is 1. The van der Waals surface area contributed by atoms with Gasteiger partial charge in [-0.25, -0.2) is 13.1 Å². The zero-order chi connectivity index (χ0) is 19.0. The van der Waals surface area contributed by atoms with Crippen LogP contribution < -0.4 is 15.4 Å². The highest BCUT2D eigenvalue weighted by Crippen LogP contribution is 2.14. The van der Waals surface area contributed by atoms with E-state index in [9.17, 15) is 13.2 Å². The smallest absolute Gasteiger partial charge is 0.250 e. The summed E-state index contributed by atoms with van der Waals surface area (Å²) in [6, 6.07) is 9.78. The van der Waals surface area contributed by atoms with Gasteiger partial charge in [0.05, 0.1) is 4.90 Å². The van der Waals surface area contributed by atoms with Crippen molar-refractivity contribution in [2.75, 3.05) is 11.9 Å². The van der Waals surface area contributed by atoms with E-state index < -0.39 is 10.0 Å². The summed E-state index contributed by atoms with van der Waals surface area (Å²) in [6.45, 7) is 3.62. The van der Waals surface area contributed by atoms with E-state index in [1.54, 1.807) is 18.2 Å². The minimum absolute atomic E-state index is 0.117. The number of hydrogen-bond donors (Lipinski definition) is 3. The number of carbonyl (C=O) groups excluding carboxylic acids is 1. The maximum Gasteiger partial charge on any atom is 0.250 e. The maximum absolute atomic E-state index is 12.0. The lowest BCUT2D eigenvalue weighted by Crippen LogP contribution is -2.32. The van der Waals surface area contributed by atoms with Crippen molar-refractivity contribution < 1.29 is 13.2 Å². The van der Waals surface area contributed by atoms with Gasteiger partial charge in [-0.1, -0.05) is 12.1 Å². The minimum Gasteiger partial charge on any atom is -0.332 e. The molecule has 1 aromatic carbocycles. The largest absolute Gasteiger partial charge is 0.332 e. The molecule has 0 spiro atoms. The van der Waals surface area contributed by atoms with Gasteiger partial charge in [-0.15, -0.1) is 17.9 Å². The molecule has 2 rings (SSSR count). The molecule has 0 atom stereocenters. The molecule has 136 valence electrons. The molecular weight excluding hydrogens is 390 g/mol. The topological polar surface area (TPSA) is 87.3 Å². The summed E-state index contributed by atoms with van der Waals surface area (Å²) in [5.41, 5.74) is 0.556. The van der Waals surface area contributed by atoms with Crippen LogP contribution in [-0.2, 0) is 14.8 Å². The monoisotopic (exact) mass is 407 g/mol. The second-order valence-electron chi connectivity index (χ2n) is 4.96. The first-order valence-electron chi connectivity index (χ1n) is 7.45. The van der Waals surface area contributed by atoms with E-state index in [1.165, 1.54) is 35.6 Å². The number of anilines is 1. The molecule has 0 radical (unpaired) electrons. The summed E-state index contributed by atoms with van der Waals surface area (Å²) in [4.78, 5) is 12.9. The van der Waals surface area contributed by atoms with Crippen molar-refractivity contribution in [3.8, 4) is 0 Å². The first-order valence-corrected chi connectivity index (χ1v) is 10.2. The molecule has 1 heterocycles. The van der Waals surface area contributed by atoms with Crippen LogP contribution in [0.1, 0.15) is 4.88 Å². The molecule has 0 saturated heterocycles. The van der Waals surface area contributed by atoms with Crippen LogP contribution in [-0.4, -0.2) is 26.0 Å². The molecule has 6 nitrogen and oxygen atoms in total. The van der Waals surface area contributed by atoms with Crippen LogP contribution in [0.3, 0.4) is 0 Å². The van der Waals surface area contributed by atoms with Crippen LogP contribution in [0.2, 0.25) is 0 Å². The van der Waals surface area contributed by atoms with E-state index in [0.717, 1.165) is 4.88 Å². The average molecular weight is 408 g/mol. The Bertz CT molecular complexity index is 902. The lowest BCUT2D eigenvalue weighted by atomic mass is 10.3. The van der Waals surface area contributed by atoms with E-state index >= 15 is 0 Å². The van der Waals surface area contributed by atoms with Crippen LogP contribution >= 0.6 is 23.6 Å². The Morgan fingerprint density at radius 1 is 1.23 bits per heavy atom. The highest BCUT2D eigenvalue weighted by molar-refractivity contribution is 7.89. The maximum atomic E-state index is 12.0. The van der Waals surface area contributed by atoms with E-state index in [-0.39, 0.29) is 22.5 Å². The predicted octanol–water partition coefficient (Wildman–Crippen LogP) is 2.74. The Kier molecular flexibility index (Phi) is 7.22. The first-order chi connectivity index (χ1) is 12.4. The fraction of sp³-hybridized carbons (Fsp3) is 0.0588. The second kappa shape index (κ2) is 9.39. The number of sulfonamides is 1. The molecule has 1 aromatic heterocycles. The van der Waals surface area contributed by atoms with Crippen molar-refractivity contribution in [2.24, 2.45) is 0 Å². The van der Waals surface area contributed by atoms with Gasteiger partial charge in [-0.05, 0) is 54.0 Å². The predicted molar refractivity (Wildman–Crippen MR) is 110 cm³/mol. The number of rotatable bonds is 7. The molecule has 0 unspecified atom stereocenters. The molecule has 0 saturated carbocycles. The summed E-state index contributed by atoms with van der Waals surface area (Å²) in [6.07, 6.45) is 4.54. The van der Waals surface area contributed by atoms with Crippen LogP contribution in [0.4, 0.5) is 5.69 Å². The quantitative estimate of drug-likeness (QED) is 0.373. The van der Waals surface area contributed by atoms with Crippen molar-refractivity contribution in [2.45, 2.75) is 4.90 Å². The lowest BCUT2D eigenvalue weighted by Gasteiger charge is -2.09. The van der Waals surface area contributed by atoms with Crippen LogP contribution in [0.5, 0.6) is 0 Å². The summed E-state index contributed by atoms with van der Waals surface area (Å²) >= 11 is 6.59. The van der Waals surface area contributed by atoms with Gasteiger partial charge in [-0.2, -0.15) is 0 Å². The Labute approximate surface area is 161 Å². The Balaban J connectivity index is 1.91. The van der Waals surface area contributed by atoms with Crippen LogP contribution in [0.15, 0.2) is 65.4 Å². The Hall–Kier alpha value is -2.33. The molecule has 0 aliphatic carbocycles. The average Bonchev–Trinajstić information content (AvgIpc) is 3.12. The van der Waals surface area contributed by atoms with E-state index in [0.29, 0.717) is 5.69 Å². The number of carbonyl (C=O) groups is 1. The summed E-state index contributed by atoms with van der Waals surface area (Å²) < 4.78 is 26.3.